The zero-order valence-corrected chi connectivity index (χ0v) is 16.6. The first-order chi connectivity index (χ1) is 12.9. The molecule has 1 unspecified atom stereocenters. The van der Waals surface area contributed by atoms with Crippen LogP contribution in [-0.2, 0) is 0 Å². The average molecular weight is 410 g/mol. The Bertz CT molecular complexity index is 795. The first-order valence-corrected chi connectivity index (χ1v) is 9.61. The van der Waals surface area contributed by atoms with Gasteiger partial charge in [0.2, 0.25) is 0 Å². The van der Waals surface area contributed by atoms with Gasteiger partial charge in [-0.05, 0) is 24.7 Å². The molecule has 2 aromatic rings. The normalized spacial score (nSPS) is 16.9. The van der Waals surface area contributed by atoms with Crippen molar-refractivity contribution in [3.8, 4) is 0 Å². The minimum atomic E-state index is -0.665. The van der Waals surface area contributed by atoms with Crippen molar-refractivity contribution in [3.05, 3.63) is 69.5 Å². The maximum atomic E-state index is 13.8. The first kappa shape index (κ1) is 20.1. The zero-order chi connectivity index (χ0) is 19.4. The molecule has 1 atom stereocenters. The summed E-state index contributed by atoms with van der Waals surface area (Å²) in [7, 11) is 2.10. The van der Waals surface area contributed by atoms with Gasteiger partial charge in [-0.1, -0.05) is 53.5 Å². The lowest BCUT2D eigenvalue weighted by Crippen LogP contribution is -2.47. The molecule has 3 rings (SSSR count). The van der Waals surface area contributed by atoms with Crippen LogP contribution in [0.2, 0.25) is 10.0 Å². The molecule has 1 aliphatic heterocycles. The molecule has 27 heavy (non-hydrogen) atoms. The van der Waals surface area contributed by atoms with Gasteiger partial charge in [0.05, 0.1) is 21.7 Å². The van der Waals surface area contributed by atoms with E-state index in [1.165, 1.54) is 6.07 Å². The van der Waals surface area contributed by atoms with Crippen LogP contribution in [0.3, 0.4) is 0 Å². The molecular formula is C20H22Cl2FN3O. The fourth-order valence-electron chi connectivity index (χ4n) is 3.14. The number of likely N-dealkylation sites (N-methyl/N-ethyl adjacent to an activating group) is 1. The van der Waals surface area contributed by atoms with Crippen LogP contribution >= 0.6 is 23.2 Å². The van der Waals surface area contributed by atoms with Crippen LogP contribution < -0.4 is 5.32 Å². The van der Waals surface area contributed by atoms with Gasteiger partial charge < -0.3 is 10.2 Å². The molecule has 0 spiro atoms. The lowest BCUT2D eigenvalue weighted by atomic mass is 10.0. The van der Waals surface area contributed by atoms with E-state index in [1.807, 2.05) is 30.3 Å². The number of piperazine rings is 1. The van der Waals surface area contributed by atoms with Gasteiger partial charge in [0.1, 0.15) is 5.82 Å². The molecule has 1 saturated heterocycles. The molecule has 1 aliphatic rings. The Hall–Kier alpha value is -1.66. The quantitative estimate of drug-likeness (QED) is 0.761. The van der Waals surface area contributed by atoms with Crippen LogP contribution in [0.5, 0.6) is 0 Å². The number of carbonyl (C=O) groups excluding carboxylic acids is 1. The zero-order valence-electron chi connectivity index (χ0n) is 15.1. The highest BCUT2D eigenvalue weighted by atomic mass is 35.5. The molecular weight excluding hydrogens is 388 g/mol. The summed E-state index contributed by atoms with van der Waals surface area (Å²) >= 11 is 11.8. The molecule has 1 fully saturated rings. The number of halogens is 3. The van der Waals surface area contributed by atoms with Crippen LogP contribution in [0.25, 0.3) is 0 Å². The summed E-state index contributed by atoms with van der Waals surface area (Å²) in [6, 6.07) is 11.9. The Morgan fingerprint density at radius 3 is 2.44 bits per heavy atom. The van der Waals surface area contributed by atoms with Crippen LogP contribution in [0.1, 0.15) is 22.0 Å². The average Bonchev–Trinajstić information content (AvgIpc) is 2.66. The molecule has 1 amide bonds. The monoisotopic (exact) mass is 409 g/mol. The van der Waals surface area contributed by atoms with Gasteiger partial charge in [0.25, 0.3) is 5.91 Å². The van der Waals surface area contributed by atoms with Crippen molar-refractivity contribution < 1.29 is 9.18 Å². The highest BCUT2D eigenvalue weighted by Gasteiger charge is 2.23. The third kappa shape index (κ3) is 5.20. The molecule has 2 aromatic carbocycles. The van der Waals surface area contributed by atoms with E-state index in [2.05, 4.69) is 22.2 Å². The lowest BCUT2D eigenvalue weighted by Gasteiger charge is -2.35. The summed E-state index contributed by atoms with van der Waals surface area (Å²) in [5.74, 6) is -1.08. The predicted molar refractivity (Wildman–Crippen MR) is 107 cm³/mol. The highest BCUT2D eigenvalue weighted by molar-refractivity contribution is 6.36. The summed E-state index contributed by atoms with van der Waals surface area (Å²) < 4.78 is 13.8. The van der Waals surface area contributed by atoms with Gasteiger partial charge in [-0.3, -0.25) is 9.69 Å². The predicted octanol–water partition coefficient (Wildman–Crippen LogP) is 3.85. The van der Waals surface area contributed by atoms with E-state index in [1.54, 1.807) is 0 Å². The number of carbonyl (C=O) groups is 1. The molecule has 0 saturated carbocycles. The SMILES string of the molecule is CN1CCN(CC(NC(=O)c2cc(F)c(Cl)cc2Cl)c2ccccc2)CC1. The number of nitrogens with zero attached hydrogens (tertiary/aromatic N) is 2. The molecule has 0 aliphatic carbocycles. The molecule has 144 valence electrons. The van der Waals surface area contributed by atoms with Crippen molar-refractivity contribution in [2.24, 2.45) is 0 Å². The van der Waals surface area contributed by atoms with Crippen LogP contribution in [-0.4, -0.2) is 55.5 Å². The van der Waals surface area contributed by atoms with Crippen LogP contribution in [0.4, 0.5) is 4.39 Å². The van der Waals surface area contributed by atoms with Crippen LogP contribution in [0.15, 0.2) is 42.5 Å². The Kier molecular flexibility index (Phi) is 6.71. The Morgan fingerprint density at radius 2 is 1.78 bits per heavy atom. The number of nitrogens with one attached hydrogen (secondary N) is 1. The van der Waals surface area contributed by atoms with E-state index >= 15 is 0 Å². The second-order valence-electron chi connectivity index (χ2n) is 6.79. The van der Waals surface area contributed by atoms with Crippen molar-refractivity contribution >= 4 is 29.1 Å². The topological polar surface area (TPSA) is 35.6 Å². The van der Waals surface area contributed by atoms with Gasteiger partial charge in [0.15, 0.2) is 0 Å². The molecule has 0 aromatic heterocycles. The first-order valence-electron chi connectivity index (χ1n) is 8.85. The van der Waals surface area contributed by atoms with E-state index < -0.39 is 11.7 Å². The molecule has 1 heterocycles. The largest absolute Gasteiger partial charge is 0.344 e. The van der Waals surface area contributed by atoms with Crippen LogP contribution in [0, 0.1) is 5.82 Å². The summed E-state index contributed by atoms with van der Waals surface area (Å²) in [6.45, 7) is 4.53. The fourth-order valence-corrected chi connectivity index (χ4v) is 3.61. The third-order valence-corrected chi connectivity index (χ3v) is 5.40. The highest BCUT2D eigenvalue weighted by Crippen LogP contribution is 2.25. The number of rotatable bonds is 5. The minimum Gasteiger partial charge on any atom is -0.344 e. The van der Waals surface area contributed by atoms with E-state index in [4.69, 9.17) is 23.2 Å². The smallest absolute Gasteiger partial charge is 0.253 e. The number of hydrogen-bond acceptors (Lipinski definition) is 3. The Labute approximate surface area is 168 Å². The van der Waals surface area contributed by atoms with E-state index in [9.17, 15) is 9.18 Å². The van der Waals surface area contributed by atoms with E-state index in [-0.39, 0.29) is 21.7 Å². The molecule has 7 heteroatoms. The summed E-state index contributed by atoms with van der Waals surface area (Å²) in [4.78, 5) is 17.4. The second-order valence-corrected chi connectivity index (χ2v) is 7.60. The van der Waals surface area contributed by atoms with E-state index in [0.717, 1.165) is 37.8 Å². The number of hydrogen-bond donors (Lipinski definition) is 1. The maximum absolute atomic E-state index is 13.8. The molecule has 4 nitrogen and oxygen atoms in total. The van der Waals surface area contributed by atoms with Gasteiger partial charge in [-0.25, -0.2) is 4.39 Å². The van der Waals surface area contributed by atoms with Crippen molar-refractivity contribution in [1.29, 1.82) is 0 Å². The van der Waals surface area contributed by atoms with Gasteiger partial charge >= 0.3 is 0 Å². The van der Waals surface area contributed by atoms with Gasteiger partial charge in [0, 0.05) is 32.7 Å². The summed E-state index contributed by atoms with van der Waals surface area (Å²) in [5, 5.41) is 3.03. The van der Waals surface area contributed by atoms with E-state index in [0.29, 0.717) is 6.54 Å². The summed E-state index contributed by atoms with van der Waals surface area (Å²) in [6.07, 6.45) is 0. The standard InChI is InChI=1S/C20H22Cl2FN3O/c1-25-7-9-26(10-8-25)13-19(14-5-3-2-4-6-14)24-20(27)15-11-18(23)17(22)12-16(15)21/h2-6,11-12,19H,7-10,13H2,1H3,(H,24,27). The lowest BCUT2D eigenvalue weighted by molar-refractivity contribution is 0.0907. The van der Waals surface area contributed by atoms with Crippen molar-refractivity contribution in [2.75, 3.05) is 39.8 Å². The van der Waals surface area contributed by atoms with Gasteiger partial charge in [-0.2, -0.15) is 0 Å². The molecule has 1 N–H and O–H groups in total. The van der Waals surface area contributed by atoms with Crippen molar-refractivity contribution in [2.45, 2.75) is 6.04 Å². The summed E-state index contributed by atoms with van der Waals surface area (Å²) in [5.41, 5.74) is 1.08. The van der Waals surface area contributed by atoms with Crippen molar-refractivity contribution in [3.63, 3.8) is 0 Å². The Balaban J connectivity index is 1.79. The fraction of sp³-hybridized carbons (Fsp3) is 0.350. The van der Waals surface area contributed by atoms with Crippen molar-refractivity contribution in [1.82, 2.24) is 15.1 Å². The number of benzene rings is 2. The van der Waals surface area contributed by atoms with Gasteiger partial charge in [-0.15, -0.1) is 0 Å². The Morgan fingerprint density at radius 1 is 1.11 bits per heavy atom. The molecule has 0 radical (unpaired) electrons. The minimum absolute atomic E-state index is 0.0814. The maximum Gasteiger partial charge on any atom is 0.253 e. The second kappa shape index (κ2) is 9.02. The molecule has 0 bridgehead atoms. The third-order valence-electron chi connectivity index (χ3n) is 4.80. The number of amides is 1.